The van der Waals surface area contributed by atoms with Gasteiger partial charge in [0.05, 0.1) is 21.4 Å². The largest absolute Gasteiger partial charge is 0.309 e. The second kappa shape index (κ2) is 7.67. The number of aromatic nitrogens is 1. The molecule has 0 unspecified atom stereocenters. The van der Waals surface area contributed by atoms with Crippen LogP contribution in [-0.2, 0) is 0 Å². The fourth-order valence-electron chi connectivity index (χ4n) is 3.42. The van der Waals surface area contributed by atoms with Crippen LogP contribution in [-0.4, -0.2) is 4.57 Å². The molecule has 0 amide bonds. The van der Waals surface area contributed by atoms with Gasteiger partial charge in [0.25, 0.3) is 0 Å². The molecule has 1 aromatic heterocycles. The number of para-hydroxylation sites is 1. The Hall–Kier alpha value is -2.81. The van der Waals surface area contributed by atoms with Crippen LogP contribution < -0.4 is 5.43 Å². The first kappa shape index (κ1) is 18.5. The van der Waals surface area contributed by atoms with E-state index in [0.717, 1.165) is 16.9 Å². The molecule has 0 aliphatic heterocycles. The van der Waals surface area contributed by atoms with Crippen molar-refractivity contribution in [2.75, 3.05) is 0 Å². The van der Waals surface area contributed by atoms with Crippen molar-refractivity contribution in [2.24, 2.45) is 0 Å². The predicted molar refractivity (Wildman–Crippen MR) is 118 cm³/mol. The minimum atomic E-state index is -0.0583. The van der Waals surface area contributed by atoms with E-state index in [2.05, 4.69) is 4.57 Å². The molecule has 0 N–H and O–H groups in total. The van der Waals surface area contributed by atoms with Crippen LogP contribution in [0.3, 0.4) is 0 Å². The molecule has 4 heteroatoms. The Morgan fingerprint density at radius 1 is 0.750 bits per heavy atom. The number of nitrogens with zero attached hydrogens (tertiary/aromatic N) is 1. The Kier molecular flexibility index (Phi) is 5.08. The lowest BCUT2D eigenvalue weighted by molar-refractivity contribution is 1.04. The Labute approximate surface area is 173 Å². The van der Waals surface area contributed by atoms with E-state index in [1.807, 2.05) is 67.6 Å². The summed E-state index contributed by atoms with van der Waals surface area (Å²) in [6.45, 7) is 1.85. The Bertz CT molecular complexity index is 1180. The quantitative estimate of drug-likeness (QED) is 0.367. The van der Waals surface area contributed by atoms with E-state index in [9.17, 15) is 4.79 Å². The second-order valence-electron chi connectivity index (χ2n) is 6.50. The topological polar surface area (TPSA) is 22.0 Å². The van der Waals surface area contributed by atoms with Gasteiger partial charge in [-0.3, -0.25) is 4.79 Å². The van der Waals surface area contributed by atoms with Gasteiger partial charge in [-0.25, -0.2) is 0 Å². The molecule has 3 aromatic carbocycles. The number of pyridine rings is 1. The normalized spacial score (nSPS) is 10.8. The first-order valence-corrected chi connectivity index (χ1v) is 9.65. The van der Waals surface area contributed by atoms with E-state index >= 15 is 0 Å². The van der Waals surface area contributed by atoms with Gasteiger partial charge in [-0.15, -0.1) is 0 Å². The van der Waals surface area contributed by atoms with Gasteiger partial charge in [-0.2, -0.15) is 0 Å². The van der Waals surface area contributed by atoms with Gasteiger partial charge >= 0.3 is 0 Å². The maximum Gasteiger partial charge on any atom is 0.185 e. The van der Waals surface area contributed by atoms with E-state index in [-0.39, 0.29) is 5.43 Å². The SMILES string of the molecule is Cc1c(-c2ccccc2)n(-c2ccccc2)c(-c2c(Cl)cccc2Cl)cc1=O. The molecule has 0 spiro atoms. The lowest BCUT2D eigenvalue weighted by Gasteiger charge is -2.22. The third-order valence-electron chi connectivity index (χ3n) is 4.74. The minimum absolute atomic E-state index is 0.0583. The molecule has 0 atom stereocenters. The van der Waals surface area contributed by atoms with Crippen molar-refractivity contribution in [3.05, 3.63) is 111 Å². The fraction of sp³-hybridized carbons (Fsp3) is 0.0417. The smallest absolute Gasteiger partial charge is 0.185 e. The summed E-state index contributed by atoms with van der Waals surface area (Å²) in [7, 11) is 0. The van der Waals surface area contributed by atoms with Crippen LogP contribution in [0.4, 0.5) is 0 Å². The third-order valence-corrected chi connectivity index (χ3v) is 5.37. The lowest BCUT2D eigenvalue weighted by atomic mass is 10.0. The molecule has 4 rings (SSSR count). The zero-order valence-corrected chi connectivity index (χ0v) is 16.7. The molecular formula is C24H17Cl2NO. The van der Waals surface area contributed by atoms with Gasteiger partial charge < -0.3 is 4.57 Å². The lowest BCUT2D eigenvalue weighted by Crippen LogP contribution is -2.15. The van der Waals surface area contributed by atoms with Crippen molar-refractivity contribution in [3.8, 4) is 28.2 Å². The third kappa shape index (κ3) is 3.26. The van der Waals surface area contributed by atoms with Crippen molar-refractivity contribution < 1.29 is 0 Å². The van der Waals surface area contributed by atoms with Crippen LogP contribution in [0, 0.1) is 6.92 Å². The molecule has 2 nitrogen and oxygen atoms in total. The molecule has 28 heavy (non-hydrogen) atoms. The molecule has 0 aliphatic carbocycles. The average molecular weight is 406 g/mol. The second-order valence-corrected chi connectivity index (χ2v) is 7.32. The molecule has 0 bridgehead atoms. The number of hydrogen-bond donors (Lipinski definition) is 0. The monoisotopic (exact) mass is 405 g/mol. The van der Waals surface area contributed by atoms with Crippen molar-refractivity contribution in [1.29, 1.82) is 0 Å². The summed E-state index contributed by atoms with van der Waals surface area (Å²) in [4.78, 5) is 12.9. The summed E-state index contributed by atoms with van der Waals surface area (Å²) in [5, 5.41) is 0.999. The summed E-state index contributed by atoms with van der Waals surface area (Å²) in [5.74, 6) is 0. The highest BCUT2D eigenvalue weighted by Gasteiger charge is 2.20. The van der Waals surface area contributed by atoms with Crippen LogP contribution in [0.15, 0.2) is 89.7 Å². The van der Waals surface area contributed by atoms with E-state index in [4.69, 9.17) is 23.2 Å². The van der Waals surface area contributed by atoms with Crippen LogP contribution in [0.25, 0.3) is 28.2 Å². The number of rotatable bonds is 3. The van der Waals surface area contributed by atoms with Gasteiger partial charge in [-0.1, -0.05) is 77.8 Å². The zero-order chi connectivity index (χ0) is 19.7. The Morgan fingerprint density at radius 3 is 1.93 bits per heavy atom. The predicted octanol–water partition coefficient (Wildman–Crippen LogP) is 6.79. The van der Waals surface area contributed by atoms with Crippen molar-refractivity contribution in [1.82, 2.24) is 4.57 Å². The van der Waals surface area contributed by atoms with E-state index in [1.165, 1.54) is 0 Å². The van der Waals surface area contributed by atoms with Gasteiger partial charge in [0.1, 0.15) is 0 Å². The van der Waals surface area contributed by atoms with Crippen LogP contribution in [0.5, 0.6) is 0 Å². The highest BCUT2D eigenvalue weighted by Crippen LogP contribution is 2.38. The maximum atomic E-state index is 12.9. The van der Waals surface area contributed by atoms with Crippen molar-refractivity contribution >= 4 is 23.2 Å². The summed E-state index contributed by atoms with van der Waals surface area (Å²) in [5.41, 5.74) is 4.62. The summed E-state index contributed by atoms with van der Waals surface area (Å²) in [6, 6.07) is 26.8. The summed E-state index contributed by atoms with van der Waals surface area (Å²) in [6.07, 6.45) is 0. The molecule has 0 fully saturated rings. The molecule has 0 radical (unpaired) electrons. The van der Waals surface area contributed by atoms with Crippen molar-refractivity contribution in [2.45, 2.75) is 6.92 Å². The molecule has 0 saturated heterocycles. The molecule has 4 aromatic rings. The highest BCUT2D eigenvalue weighted by atomic mass is 35.5. The van der Waals surface area contributed by atoms with Crippen LogP contribution >= 0.6 is 23.2 Å². The van der Waals surface area contributed by atoms with Gasteiger partial charge in [-0.05, 0) is 36.8 Å². The van der Waals surface area contributed by atoms with E-state index in [1.54, 1.807) is 24.3 Å². The minimum Gasteiger partial charge on any atom is -0.309 e. The van der Waals surface area contributed by atoms with Gasteiger partial charge in [0.15, 0.2) is 5.43 Å². The average Bonchev–Trinajstić information content (AvgIpc) is 2.71. The standard InChI is InChI=1S/C24H17Cl2NO/c1-16-22(28)15-21(23-19(25)13-8-14-20(23)26)27(18-11-6-3-7-12-18)24(16)17-9-4-2-5-10-17/h2-15H,1H3. The highest BCUT2D eigenvalue weighted by molar-refractivity contribution is 6.39. The number of halogens is 2. The molecular weight excluding hydrogens is 389 g/mol. The molecule has 0 aliphatic rings. The first-order chi connectivity index (χ1) is 13.6. The van der Waals surface area contributed by atoms with Crippen LogP contribution in [0.1, 0.15) is 5.56 Å². The Morgan fingerprint density at radius 2 is 1.32 bits per heavy atom. The first-order valence-electron chi connectivity index (χ1n) is 8.90. The van der Waals surface area contributed by atoms with Crippen molar-refractivity contribution in [3.63, 3.8) is 0 Å². The van der Waals surface area contributed by atoms with Crippen LogP contribution in [0.2, 0.25) is 10.0 Å². The molecule has 1 heterocycles. The molecule has 0 saturated carbocycles. The van der Waals surface area contributed by atoms with Gasteiger partial charge in [0.2, 0.25) is 0 Å². The molecule has 138 valence electrons. The maximum absolute atomic E-state index is 12.9. The zero-order valence-electron chi connectivity index (χ0n) is 15.2. The summed E-state index contributed by atoms with van der Waals surface area (Å²) < 4.78 is 2.05. The van der Waals surface area contributed by atoms with E-state index < -0.39 is 0 Å². The van der Waals surface area contributed by atoms with E-state index in [0.29, 0.717) is 26.9 Å². The summed E-state index contributed by atoms with van der Waals surface area (Å²) >= 11 is 13.0. The fourth-order valence-corrected chi connectivity index (χ4v) is 4.01. The Balaban J connectivity index is 2.19. The number of hydrogen-bond acceptors (Lipinski definition) is 1. The number of benzene rings is 3. The van der Waals surface area contributed by atoms with Gasteiger partial charge in [0, 0.05) is 22.9 Å².